The summed E-state index contributed by atoms with van der Waals surface area (Å²) in [7, 11) is 0. The van der Waals surface area contributed by atoms with Crippen LogP contribution in [-0.2, 0) is 44.9 Å². The summed E-state index contributed by atoms with van der Waals surface area (Å²) in [5.74, 6) is 0. The van der Waals surface area contributed by atoms with Gasteiger partial charge in [0, 0.05) is 0 Å². The van der Waals surface area contributed by atoms with Gasteiger partial charge in [0.1, 0.15) is 0 Å². The van der Waals surface area contributed by atoms with Gasteiger partial charge in [-0.05, 0) is 0 Å². The topological polar surface area (TPSA) is 0 Å². The van der Waals surface area contributed by atoms with Gasteiger partial charge in [0.15, 0.2) is 0 Å². The molecule has 0 saturated carbocycles. The molecule has 4 aliphatic carbocycles. The molecule has 4 aliphatic rings. The van der Waals surface area contributed by atoms with Crippen molar-refractivity contribution in [3.8, 4) is 11.1 Å². The molecule has 0 atom stereocenters. The Morgan fingerprint density at radius 3 is 1.36 bits per heavy atom. The van der Waals surface area contributed by atoms with E-state index in [2.05, 4.69) is 113 Å². The van der Waals surface area contributed by atoms with Crippen molar-refractivity contribution < 1.29 is 23.2 Å². The van der Waals surface area contributed by atoms with E-state index in [1.54, 1.807) is 53.4 Å². The number of allylic oxidation sites excluding steroid dienone is 4. The molecule has 0 unspecified atom stereocenters. The van der Waals surface area contributed by atoms with Gasteiger partial charge in [-0.3, -0.25) is 0 Å². The first-order valence-corrected chi connectivity index (χ1v) is 18.1. The molecule has 0 saturated heterocycles. The average Bonchev–Trinajstić information content (AvgIpc) is 3.42. The van der Waals surface area contributed by atoms with Gasteiger partial charge in [0.05, 0.1) is 0 Å². The Morgan fingerprint density at radius 2 is 1.00 bits per heavy atom. The molecule has 0 aromatic heterocycles. The SMILES string of the molecule is CC(C)(C)C1=CC[C]([Zr][CH]2c3cc4c(cc3-c3cc5c(cc32)C(C)(C)CCC5(C)C)C(C)(C)CCC4(C)C)=C1. The summed E-state index contributed by atoms with van der Waals surface area (Å²) in [6.07, 6.45) is 11.4. The molecule has 2 aromatic carbocycles. The van der Waals surface area contributed by atoms with Gasteiger partial charge in [0.2, 0.25) is 0 Å². The molecular weight excluding hydrogens is 548 g/mol. The van der Waals surface area contributed by atoms with Crippen LogP contribution in [0.2, 0.25) is 0 Å². The Bertz CT molecular complexity index is 1340. The van der Waals surface area contributed by atoms with Crippen molar-refractivity contribution in [1.29, 1.82) is 0 Å². The summed E-state index contributed by atoms with van der Waals surface area (Å²) in [5, 5.41) is 0. The molecule has 0 bridgehead atoms. The second-order valence-corrected chi connectivity index (χ2v) is 20.6. The van der Waals surface area contributed by atoms with Crippen molar-refractivity contribution in [1.82, 2.24) is 0 Å². The maximum atomic E-state index is 2.72. The van der Waals surface area contributed by atoms with Crippen LogP contribution in [0.15, 0.2) is 45.3 Å². The van der Waals surface area contributed by atoms with Crippen molar-refractivity contribution in [2.45, 2.75) is 134 Å². The van der Waals surface area contributed by atoms with Crippen molar-refractivity contribution in [3.05, 3.63) is 78.7 Å². The predicted molar refractivity (Wildman–Crippen MR) is 165 cm³/mol. The summed E-state index contributed by atoms with van der Waals surface area (Å²) < 4.78 is 2.40. The van der Waals surface area contributed by atoms with Crippen LogP contribution in [0.3, 0.4) is 0 Å². The summed E-state index contributed by atoms with van der Waals surface area (Å²) in [5.41, 5.74) is 15.8. The Hall–Kier alpha value is -1.20. The fraction of sp³-hybridized carbons (Fsp3) is 0.579. The van der Waals surface area contributed by atoms with E-state index in [1.807, 2.05) is 0 Å². The van der Waals surface area contributed by atoms with Crippen molar-refractivity contribution in [3.63, 3.8) is 0 Å². The molecule has 1 heteroatoms. The van der Waals surface area contributed by atoms with Crippen molar-refractivity contribution >= 4 is 0 Å². The normalized spacial score (nSPS) is 23.8. The quantitative estimate of drug-likeness (QED) is 0.323. The Labute approximate surface area is 250 Å². The van der Waals surface area contributed by atoms with Crippen LogP contribution < -0.4 is 0 Å². The van der Waals surface area contributed by atoms with Gasteiger partial charge in [-0.1, -0.05) is 0 Å². The fourth-order valence-electron chi connectivity index (χ4n) is 7.86. The molecule has 0 aliphatic heterocycles. The zero-order valence-electron chi connectivity index (χ0n) is 26.6. The van der Waals surface area contributed by atoms with E-state index in [0.29, 0.717) is 3.63 Å². The Kier molecular flexibility index (Phi) is 6.21. The zero-order valence-corrected chi connectivity index (χ0v) is 29.0. The second kappa shape index (κ2) is 8.66. The van der Waals surface area contributed by atoms with Crippen LogP contribution in [0, 0.1) is 5.41 Å². The van der Waals surface area contributed by atoms with E-state index in [9.17, 15) is 0 Å². The molecule has 0 N–H and O–H groups in total. The number of fused-ring (bicyclic) bond motifs is 5. The molecule has 0 spiro atoms. The zero-order chi connectivity index (χ0) is 28.3. The summed E-state index contributed by atoms with van der Waals surface area (Å²) in [6, 6.07) is 10.8. The van der Waals surface area contributed by atoms with Crippen molar-refractivity contribution in [2.24, 2.45) is 5.41 Å². The van der Waals surface area contributed by atoms with Crippen LogP contribution in [0.25, 0.3) is 11.1 Å². The van der Waals surface area contributed by atoms with Crippen LogP contribution in [0.1, 0.15) is 145 Å². The first-order chi connectivity index (χ1) is 17.9. The third-order valence-corrected chi connectivity index (χ3v) is 15.0. The van der Waals surface area contributed by atoms with Gasteiger partial charge in [-0.25, -0.2) is 0 Å². The number of hydrogen-bond acceptors (Lipinski definition) is 0. The minimum atomic E-state index is -0.880. The van der Waals surface area contributed by atoms with E-state index < -0.39 is 23.2 Å². The van der Waals surface area contributed by atoms with E-state index in [-0.39, 0.29) is 27.1 Å². The number of benzene rings is 2. The Balaban J connectivity index is 1.57. The maximum absolute atomic E-state index is 2.72. The average molecular weight is 598 g/mol. The summed E-state index contributed by atoms with van der Waals surface area (Å²) >= 11 is -0.880. The molecule has 0 radical (unpaired) electrons. The standard InChI is InChI=1S/C29H37.C9H13.Zr/c1-26(2)9-11-28(5,6)24-16-20-18(14-22(24)26)13-19-15-23-25(17-21(19)20)29(7,8)12-10-27(23,3)4;1-9(2,3)8-6-4-5-7-8;/h13-17H,9-12H2,1-8H3;6-7H,4H2,1-3H3;. The Morgan fingerprint density at radius 1 is 0.615 bits per heavy atom. The first kappa shape index (κ1) is 27.9. The molecular formula is C38H50Zr. The van der Waals surface area contributed by atoms with E-state index >= 15 is 0 Å². The summed E-state index contributed by atoms with van der Waals surface area (Å²) in [6.45, 7) is 27.0. The van der Waals surface area contributed by atoms with Crippen molar-refractivity contribution in [2.75, 3.05) is 0 Å². The van der Waals surface area contributed by atoms with E-state index in [1.165, 1.54) is 32.1 Å². The molecule has 39 heavy (non-hydrogen) atoms. The van der Waals surface area contributed by atoms with Gasteiger partial charge < -0.3 is 0 Å². The molecule has 0 amide bonds. The van der Waals surface area contributed by atoms with Gasteiger partial charge >= 0.3 is 252 Å². The molecule has 0 fully saturated rings. The van der Waals surface area contributed by atoms with Crippen LogP contribution >= 0.6 is 0 Å². The van der Waals surface area contributed by atoms with Crippen LogP contribution in [-0.4, -0.2) is 0 Å². The fourth-order valence-corrected chi connectivity index (χ4v) is 11.8. The molecule has 0 heterocycles. The second-order valence-electron chi connectivity index (χ2n) is 16.9. The minimum absolute atomic E-state index is 0.243. The first-order valence-electron chi connectivity index (χ1n) is 15.5. The van der Waals surface area contributed by atoms with Gasteiger partial charge in [-0.15, -0.1) is 0 Å². The third-order valence-electron chi connectivity index (χ3n) is 11.0. The molecule has 6 rings (SSSR count). The van der Waals surface area contributed by atoms with E-state index in [0.717, 1.165) is 0 Å². The predicted octanol–water partition coefficient (Wildman–Crippen LogP) is 10.8. The number of rotatable bonds is 2. The van der Waals surface area contributed by atoms with Gasteiger partial charge in [-0.2, -0.15) is 0 Å². The van der Waals surface area contributed by atoms with Gasteiger partial charge in [0.25, 0.3) is 0 Å². The molecule has 0 nitrogen and oxygen atoms in total. The van der Waals surface area contributed by atoms with E-state index in [4.69, 9.17) is 0 Å². The van der Waals surface area contributed by atoms with Crippen LogP contribution in [0.4, 0.5) is 0 Å². The number of hydrogen-bond donors (Lipinski definition) is 0. The molecule has 2 aromatic rings. The van der Waals surface area contributed by atoms with Crippen LogP contribution in [0.5, 0.6) is 0 Å². The third kappa shape index (κ3) is 4.48. The molecule has 206 valence electrons. The summed E-state index contributed by atoms with van der Waals surface area (Å²) in [4.78, 5) is 0. The monoisotopic (exact) mass is 596 g/mol.